The Hall–Kier alpha value is -8.74. The van der Waals surface area contributed by atoms with Gasteiger partial charge in [-0.25, -0.2) is 42.1 Å². The van der Waals surface area contributed by atoms with Gasteiger partial charge >= 0.3 is 29.8 Å². The van der Waals surface area contributed by atoms with Gasteiger partial charge in [0, 0.05) is 62.6 Å². The van der Waals surface area contributed by atoms with E-state index in [1.807, 2.05) is 46.8 Å². The van der Waals surface area contributed by atoms with Gasteiger partial charge in [-0.3, -0.25) is 24.0 Å². The molecule has 0 bridgehead atoms. The smallest absolute Gasteiger partial charge is 0.324 e. The Morgan fingerprint density at radius 2 is 0.584 bits per heavy atom. The van der Waals surface area contributed by atoms with Crippen LogP contribution >= 0.6 is 0 Å². The average Bonchev–Trinajstić information content (AvgIpc) is 0.807. The van der Waals surface area contributed by atoms with Gasteiger partial charge in [-0.05, 0) is 207 Å². The molecule has 0 aliphatic carbocycles. The van der Waals surface area contributed by atoms with Crippen molar-refractivity contribution in [2.75, 3.05) is 72.7 Å². The van der Waals surface area contributed by atoms with Crippen molar-refractivity contribution >= 4 is 80.0 Å². The quantitative estimate of drug-likeness (QED) is 0.0145. The molecule has 5 aliphatic heterocycles. The number of nitrogens with one attached hydrogen (secondary N) is 5. The second-order valence-corrected chi connectivity index (χ2v) is 38.8. The van der Waals surface area contributed by atoms with Crippen LogP contribution in [-0.2, 0) is 121 Å². The summed E-state index contributed by atoms with van der Waals surface area (Å²) in [6, 6.07) is 30.8. The van der Waals surface area contributed by atoms with E-state index in [-0.39, 0.29) is 87.5 Å². The number of benzene rings is 5. The van der Waals surface area contributed by atoms with Gasteiger partial charge < -0.3 is 47.4 Å². The van der Waals surface area contributed by atoms with E-state index in [2.05, 4.69) is 36.8 Å². The van der Waals surface area contributed by atoms with Gasteiger partial charge in [0.2, 0.25) is 50.1 Å². The lowest BCUT2D eigenvalue weighted by Crippen LogP contribution is -2.52. The average molecular weight is 1840 g/mol. The molecular formula is C88H121N7O25S5. The van der Waals surface area contributed by atoms with E-state index < -0.39 is 134 Å². The summed E-state index contributed by atoms with van der Waals surface area (Å²) in [5.41, 5.74) is 4.72. The van der Waals surface area contributed by atoms with Gasteiger partial charge in [0.15, 0.2) is 0 Å². The summed E-state index contributed by atoms with van der Waals surface area (Å²) in [6.07, 6.45) is 8.98. The minimum Gasteiger partial charge on any atom is -0.465 e. The fraction of sp³-hybridized carbons (Fsp3) is 0.534. The van der Waals surface area contributed by atoms with Crippen molar-refractivity contribution in [3.63, 3.8) is 0 Å². The lowest BCUT2D eigenvalue weighted by Gasteiger charge is -2.35. The standard InChI is InChI=1S/2C19H27NO5S.2C17H22N2O5S.C16H23NO5S/c2*1-4-7-17-16(8-6-13-25-17)18(19(21)24-5-2)20-26(22,23)15-11-9-14(3)10-12-15;2*1-3-23-17(20)16(14-5-4-10-24-15(14)11-18)19-25(21,22)13-8-6-12(2)7-9-13;1-3-22-16(18)15(13-5-4-10-21-11-13)17-23(19,20)14-8-6-12(2)7-9-14/h2*4,9-12,16-18,20H,1,5-8,13H2,2-3H3;2*6-9,14-16,19H,3-5,10H2,1-2H3;6-9,13,15,17H,3-5,10-11H2,1-2H3/t16-,17+,18-;16-,17-,18-;14-,15+,16-;14-,15-,16-;13-,15-/m11111/s1. The van der Waals surface area contributed by atoms with Crippen molar-refractivity contribution in [3.8, 4) is 12.1 Å². The fourth-order valence-electron chi connectivity index (χ4n) is 14.4. The first-order valence-corrected chi connectivity index (χ1v) is 49.2. The van der Waals surface area contributed by atoms with E-state index in [1.54, 1.807) is 107 Å². The number of carbonyl (C=O) groups excluding carboxylic acids is 5. The number of carbonyl (C=O) groups is 5. The number of rotatable bonds is 34. The molecule has 5 aromatic rings. The third-order valence-electron chi connectivity index (χ3n) is 20.9. The Labute approximate surface area is 737 Å². The molecule has 5 heterocycles. The number of ether oxygens (including phenoxy) is 10. The van der Waals surface area contributed by atoms with Crippen LogP contribution in [0.3, 0.4) is 0 Å². The predicted octanol–water partition coefficient (Wildman–Crippen LogP) is 9.83. The molecule has 5 N–H and O–H groups in total. The third kappa shape index (κ3) is 32.5. The molecule has 688 valence electrons. The van der Waals surface area contributed by atoms with Crippen LogP contribution in [0.2, 0.25) is 0 Å². The SMILES string of the molecule is C=CC[C@@H]1OCCC[C@H]1[C@@H](NS(=O)(=O)c1ccc(C)cc1)C(=O)OCC.C=CC[C@H]1OCCC[C@H]1[C@@H](NS(=O)(=O)c1ccc(C)cc1)C(=O)OCC.CCOC(=O)[C@H](NS(=O)(=O)c1ccc(C)cc1)[C@@H]1CCCOC1.CCOC(=O)[C@H](NS(=O)(=O)c1ccc(C)cc1)[C@@H]1CCCO[C@@H]1C#N.CCOC(=O)[C@H](NS(=O)(=O)c1ccc(C)cc1)[C@@H]1CCCO[C@H]1C#N. The lowest BCUT2D eigenvalue weighted by atomic mass is 9.86. The highest BCUT2D eigenvalue weighted by Crippen LogP contribution is 2.33. The summed E-state index contributed by atoms with van der Waals surface area (Å²) < 4.78 is 192. The second-order valence-electron chi connectivity index (χ2n) is 30.2. The van der Waals surface area contributed by atoms with Crippen LogP contribution in [0.25, 0.3) is 0 Å². The van der Waals surface area contributed by atoms with Crippen molar-refractivity contribution in [1.29, 1.82) is 10.5 Å². The minimum absolute atomic E-state index is 0.0534. The van der Waals surface area contributed by atoms with E-state index in [0.717, 1.165) is 53.5 Å². The molecule has 0 amide bonds. The van der Waals surface area contributed by atoms with Gasteiger partial charge in [0.05, 0.1) is 88.5 Å². The van der Waals surface area contributed by atoms with Crippen LogP contribution in [0.5, 0.6) is 0 Å². The van der Waals surface area contributed by atoms with E-state index in [9.17, 15) is 76.6 Å². The Morgan fingerprint density at radius 1 is 0.360 bits per heavy atom. The molecule has 5 saturated heterocycles. The van der Waals surface area contributed by atoms with E-state index in [1.165, 1.54) is 60.7 Å². The van der Waals surface area contributed by atoms with Gasteiger partial charge in [0.25, 0.3) is 0 Å². The van der Waals surface area contributed by atoms with Crippen molar-refractivity contribution < 1.29 is 113 Å². The van der Waals surface area contributed by atoms with E-state index in [4.69, 9.17) is 47.4 Å². The van der Waals surface area contributed by atoms with Crippen molar-refractivity contribution in [2.24, 2.45) is 29.6 Å². The third-order valence-corrected chi connectivity index (χ3v) is 28.2. The largest absolute Gasteiger partial charge is 0.465 e. The number of nitrogens with zero attached hydrogens (tertiary/aromatic N) is 2. The highest BCUT2D eigenvalue weighted by atomic mass is 32.2. The maximum atomic E-state index is 12.8. The Balaban J connectivity index is 0.000000242. The minimum atomic E-state index is -3.94. The summed E-state index contributed by atoms with van der Waals surface area (Å²) in [6.45, 7) is 29.0. The number of nitriles is 2. The van der Waals surface area contributed by atoms with E-state index in [0.29, 0.717) is 91.0 Å². The number of aryl methyl sites for hydroxylation is 5. The second kappa shape index (κ2) is 51.9. The molecule has 32 nitrogen and oxygen atoms in total. The first kappa shape index (κ1) is 105. The first-order chi connectivity index (χ1) is 59.5. The van der Waals surface area contributed by atoms with E-state index >= 15 is 0 Å². The molecule has 0 spiro atoms. The van der Waals surface area contributed by atoms with Crippen molar-refractivity contribution in [1.82, 2.24) is 23.6 Å². The van der Waals surface area contributed by atoms with Gasteiger partial charge in [-0.1, -0.05) is 101 Å². The Bertz CT molecular complexity index is 4720. The van der Waals surface area contributed by atoms with Crippen LogP contribution in [0.4, 0.5) is 0 Å². The Morgan fingerprint density at radius 3 is 0.816 bits per heavy atom. The first-order valence-electron chi connectivity index (χ1n) is 41.8. The van der Waals surface area contributed by atoms with Crippen LogP contribution in [0.1, 0.15) is 139 Å². The van der Waals surface area contributed by atoms with Crippen LogP contribution < -0.4 is 23.6 Å². The lowest BCUT2D eigenvalue weighted by molar-refractivity contribution is -0.150. The maximum absolute atomic E-state index is 12.8. The van der Waals surface area contributed by atoms with Crippen LogP contribution in [-0.4, -0.2) is 199 Å². The highest BCUT2D eigenvalue weighted by molar-refractivity contribution is 7.90. The topological polar surface area (TPSA) is 456 Å². The molecule has 5 aromatic carbocycles. The molecule has 5 fully saturated rings. The number of hydrogen-bond donors (Lipinski definition) is 5. The molecule has 5 aliphatic rings. The number of esters is 5. The molecule has 14 atom stereocenters. The maximum Gasteiger partial charge on any atom is 0.324 e. The zero-order valence-electron chi connectivity index (χ0n) is 72.6. The van der Waals surface area contributed by atoms with Crippen LogP contribution in [0.15, 0.2) is 171 Å². The summed E-state index contributed by atoms with van der Waals surface area (Å²) in [5.74, 6) is -5.14. The normalized spacial score (nSPS) is 21.5. The molecule has 0 saturated carbocycles. The van der Waals surface area contributed by atoms with Gasteiger partial charge in [-0.2, -0.15) is 34.1 Å². The molecule has 37 heteroatoms. The number of sulfonamides is 5. The highest BCUT2D eigenvalue weighted by Gasteiger charge is 2.45. The van der Waals surface area contributed by atoms with Gasteiger partial charge in [0.1, 0.15) is 42.4 Å². The zero-order valence-corrected chi connectivity index (χ0v) is 76.7. The summed E-state index contributed by atoms with van der Waals surface area (Å²) in [7, 11) is -19.4. The van der Waals surface area contributed by atoms with Crippen LogP contribution in [0, 0.1) is 86.9 Å². The summed E-state index contributed by atoms with van der Waals surface area (Å²) in [5, 5.41) is 18.5. The molecule has 0 unspecified atom stereocenters. The zero-order chi connectivity index (χ0) is 92.1. The number of hydrogen-bond acceptors (Lipinski definition) is 27. The molecule has 10 rings (SSSR count). The molecular weight excluding hydrogens is 1720 g/mol. The van der Waals surface area contributed by atoms with Crippen molar-refractivity contribution in [3.05, 3.63) is 174 Å². The predicted molar refractivity (Wildman–Crippen MR) is 464 cm³/mol. The molecule has 0 aromatic heterocycles. The summed E-state index contributed by atoms with van der Waals surface area (Å²) >= 11 is 0. The molecule has 0 radical (unpaired) electrons. The van der Waals surface area contributed by atoms with Crippen molar-refractivity contribution in [2.45, 2.75) is 225 Å². The fourth-order valence-corrected chi connectivity index (χ4v) is 20.6. The Kier molecular flexibility index (Phi) is 43.6. The summed E-state index contributed by atoms with van der Waals surface area (Å²) in [4.78, 5) is 62.4. The molecule has 125 heavy (non-hydrogen) atoms. The monoisotopic (exact) mass is 1840 g/mol. The van der Waals surface area contributed by atoms with Gasteiger partial charge in [-0.15, -0.1) is 13.2 Å².